The molecule has 4 aromatic rings. The summed E-state index contributed by atoms with van der Waals surface area (Å²) in [6.45, 7) is 6.08. The van der Waals surface area contributed by atoms with Gasteiger partial charge in [0.05, 0.1) is 11.5 Å². The Labute approximate surface area is 223 Å². The highest BCUT2D eigenvalue weighted by molar-refractivity contribution is 6.00. The van der Waals surface area contributed by atoms with Crippen molar-refractivity contribution in [1.82, 2.24) is 31.0 Å². The summed E-state index contributed by atoms with van der Waals surface area (Å²) < 4.78 is 20.3. The zero-order chi connectivity index (χ0) is 27.7. The van der Waals surface area contributed by atoms with Gasteiger partial charge in [-0.05, 0) is 43.5 Å². The van der Waals surface area contributed by atoms with Crippen LogP contribution in [0.1, 0.15) is 49.0 Å². The van der Waals surface area contributed by atoms with Crippen LogP contribution in [0, 0.1) is 17.1 Å². The number of anilines is 1. The van der Waals surface area contributed by atoms with Gasteiger partial charge in [0.15, 0.2) is 22.9 Å². The molecule has 0 unspecified atom stereocenters. The zero-order valence-electron chi connectivity index (χ0n) is 21.7. The quantitative estimate of drug-likeness (QED) is 0.329. The van der Waals surface area contributed by atoms with E-state index in [1.165, 1.54) is 19.1 Å². The molecular weight excluding hydrogens is 503 g/mol. The molecule has 1 aliphatic heterocycles. The standard InChI is InChI=1S/C27H27FN8O3/c1-15(37)32-18-7-9-36(13-18)25-23-19(6-8-30-24(23)33-34-25)16-4-5-17(20(28)10-16)12-31-26(38)21-11-22(39-35-21)27(2,3)14-29/h4-6,8,10-11,18H,7,9,12-13H2,1-3H3,(H,31,38)(H,32,37)(H,30,33,34)/t18-/m1/s1. The van der Waals surface area contributed by atoms with Crippen LogP contribution >= 0.6 is 0 Å². The molecule has 1 atom stereocenters. The summed E-state index contributed by atoms with van der Waals surface area (Å²) in [5, 5.41) is 26.7. The first kappa shape index (κ1) is 25.8. The van der Waals surface area contributed by atoms with Gasteiger partial charge in [-0.25, -0.2) is 9.37 Å². The average Bonchev–Trinajstić information content (AvgIpc) is 3.67. The third-order valence-electron chi connectivity index (χ3n) is 6.78. The van der Waals surface area contributed by atoms with Crippen molar-refractivity contribution in [2.75, 3.05) is 18.0 Å². The van der Waals surface area contributed by atoms with Gasteiger partial charge < -0.3 is 20.1 Å². The molecule has 1 aromatic carbocycles. The largest absolute Gasteiger partial charge is 0.359 e. The molecule has 3 aromatic heterocycles. The molecule has 12 heteroatoms. The van der Waals surface area contributed by atoms with Crippen molar-refractivity contribution in [3.63, 3.8) is 0 Å². The highest BCUT2D eigenvalue weighted by Crippen LogP contribution is 2.35. The van der Waals surface area contributed by atoms with E-state index in [9.17, 15) is 14.9 Å². The molecule has 11 nitrogen and oxygen atoms in total. The number of amides is 2. The van der Waals surface area contributed by atoms with Crippen molar-refractivity contribution in [2.45, 2.75) is 45.2 Å². The fourth-order valence-corrected chi connectivity index (χ4v) is 4.62. The van der Waals surface area contributed by atoms with Gasteiger partial charge in [-0.1, -0.05) is 17.3 Å². The maximum Gasteiger partial charge on any atom is 0.273 e. The Kier molecular flexibility index (Phi) is 6.74. The highest BCUT2D eigenvalue weighted by Gasteiger charge is 2.28. The van der Waals surface area contributed by atoms with Gasteiger partial charge in [-0.3, -0.25) is 14.7 Å². The molecule has 1 aliphatic rings. The van der Waals surface area contributed by atoms with Crippen LogP contribution in [0.3, 0.4) is 0 Å². The zero-order valence-corrected chi connectivity index (χ0v) is 21.7. The van der Waals surface area contributed by atoms with Crippen molar-refractivity contribution in [3.8, 4) is 17.2 Å². The van der Waals surface area contributed by atoms with Crippen LogP contribution in [-0.4, -0.2) is 51.3 Å². The van der Waals surface area contributed by atoms with Gasteiger partial charge in [-0.2, -0.15) is 10.4 Å². The van der Waals surface area contributed by atoms with Crippen molar-refractivity contribution >= 4 is 28.7 Å². The number of halogens is 1. The second-order valence-electron chi connectivity index (χ2n) is 10.1. The fourth-order valence-electron chi connectivity index (χ4n) is 4.62. The maximum absolute atomic E-state index is 15.2. The Morgan fingerprint density at radius 1 is 1.31 bits per heavy atom. The van der Waals surface area contributed by atoms with Gasteiger partial charge in [0.2, 0.25) is 5.91 Å². The summed E-state index contributed by atoms with van der Waals surface area (Å²) in [5.74, 6) is -0.126. The molecule has 5 rings (SSSR count). The first-order chi connectivity index (χ1) is 18.7. The molecule has 1 saturated heterocycles. The van der Waals surface area contributed by atoms with Crippen LogP contribution < -0.4 is 15.5 Å². The molecule has 0 bridgehead atoms. The molecule has 1 fully saturated rings. The lowest BCUT2D eigenvalue weighted by Crippen LogP contribution is -2.35. The molecule has 0 aliphatic carbocycles. The minimum absolute atomic E-state index is 0.0136. The summed E-state index contributed by atoms with van der Waals surface area (Å²) in [5.41, 5.74) is 1.35. The number of pyridine rings is 1. The first-order valence-electron chi connectivity index (χ1n) is 12.5. The average molecular weight is 531 g/mol. The normalized spacial score (nSPS) is 15.4. The van der Waals surface area contributed by atoms with Gasteiger partial charge in [0.25, 0.3) is 5.91 Å². The Morgan fingerprint density at radius 3 is 2.87 bits per heavy atom. The number of aromatic nitrogens is 4. The number of benzene rings is 1. The van der Waals surface area contributed by atoms with Crippen LogP contribution in [0.5, 0.6) is 0 Å². The summed E-state index contributed by atoms with van der Waals surface area (Å²) in [6.07, 6.45) is 2.43. The summed E-state index contributed by atoms with van der Waals surface area (Å²) in [4.78, 5) is 30.5. The molecule has 39 heavy (non-hydrogen) atoms. The molecular formula is C27H27FN8O3. The lowest BCUT2D eigenvalue weighted by Gasteiger charge is -2.17. The van der Waals surface area contributed by atoms with E-state index in [1.54, 1.807) is 32.2 Å². The molecule has 2 amide bonds. The molecule has 0 saturated carbocycles. The van der Waals surface area contributed by atoms with E-state index in [-0.39, 0.29) is 29.9 Å². The van der Waals surface area contributed by atoms with Crippen molar-refractivity contribution in [3.05, 3.63) is 59.4 Å². The predicted molar refractivity (Wildman–Crippen MR) is 140 cm³/mol. The van der Waals surface area contributed by atoms with Gasteiger partial charge >= 0.3 is 0 Å². The number of carbonyl (C=O) groups excluding carboxylic acids is 2. The highest BCUT2D eigenvalue weighted by atomic mass is 19.1. The van der Waals surface area contributed by atoms with Crippen LogP contribution in [0.25, 0.3) is 22.2 Å². The molecule has 4 heterocycles. The van der Waals surface area contributed by atoms with Crippen molar-refractivity contribution in [2.24, 2.45) is 0 Å². The van der Waals surface area contributed by atoms with E-state index in [0.29, 0.717) is 35.7 Å². The maximum atomic E-state index is 15.2. The minimum Gasteiger partial charge on any atom is -0.359 e. The smallest absolute Gasteiger partial charge is 0.273 e. The van der Waals surface area contributed by atoms with Gasteiger partial charge in [0.1, 0.15) is 11.2 Å². The summed E-state index contributed by atoms with van der Waals surface area (Å²) in [7, 11) is 0. The third kappa shape index (κ3) is 5.16. The molecule has 0 spiro atoms. The van der Waals surface area contributed by atoms with E-state index in [0.717, 1.165) is 17.4 Å². The van der Waals surface area contributed by atoms with Crippen LogP contribution in [-0.2, 0) is 16.8 Å². The van der Waals surface area contributed by atoms with Gasteiger partial charge in [-0.15, -0.1) is 0 Å². The van der Waals surface area contributed by atoms with E-state index < -0.39 is 17.1 Å². The summed E-state index contributed by atoms with van der Waals surface area (Å²) >= 11 is 0. The summed E-state index contributed by atoms with van der Waals surface area (Å²) in [6, 6.07) is 10.2. The second kappa shape index (κ2) is 10.2. The number of fused-ring (bicyclic) bond motifs is 1. The molecule has 200 valence electrons. The SMILES string of the molecule is CC(=O)N[C@@H]1CCN(c2n[nH]c3nccc(-c4ccc(CNC(=O)c5cc(C(C)(C)C#N)on5)c(F)c4)c23)C1. The number of aromatic amines is 1. The van der Waals surface area contributed by atoms with Crippen molar-refractivity contribution in [1.29, 1.82) is 5.26 Å². The Bertz CT molecular complexity index is 1600. The van der Waals surface area contributed by atoms with Crippen LogP contribution in [0.15, 0.2) is 41.1 Å². The van der Waals surface area contributed by atoms with E-state index in [2.05, 4.69) is 41.9 Å². The number of nitrogens with one attached hydrogen (secondary N) is 3. The Hall–Kier alpha value is -4.79. The van der Waals surface area contributed by atoms with E-state index in [4.69, 9.17) is 4.52 Å². The number of nitrogens with zero attached hydrogens (tertiary/aromatic N) is 5. The molecule has 3 N–H and O–H groups in total. The van der Waals surface area contributed by atoms with Crippen molar-refractivity contribution < 1.29 is 18.5 Å². The van der Waals surface area contributed by atoms with Gasteiger partial charge in [0, 0.05) is 50.4 Å². The number of hydrogen-bond acceptors (Lipinski definition) is 8. The molecule has 0 radical (unpaired) electrons. The number of hydrogen-bond donors (Lipinski definition) is 3. The fraction of sp³-hybridized carbons (Fsp3) is 0.333. The van der Waals surface area contributed by atoms with E-state index >= 15 is 4.39 Å². The van der Waals surface area contributed by atoms with Crippen LogP contribution in [0.2, 0.25) is 0 Å². The lowest BCUT2D eigenvalue weighted by molar-refractivity contribution is -0.119. The topological polar surface area (TPSA) is 153 Å². The number of nitriles is 1. The third-order valence-corrected chi connectivity index (χ3v) is 6.78. The minimum atomic E-state index is -0.928. The lowest BCUT2D eigenvalue weighted by atomic mass is 9.92. The predicted octanol–water partition coefficient (Wildman–Crippen LogP) is 3.20. The number of H-pyrrole nitrogens is 1. The monoisotopic (exact) mass is 530 g/mol. The Morgan fingerprint density at radius 2 is 2.13 bits per heavy atom. The number of carbonyl (C=O) groups is 2. The second-order valence-corrected chi connectivity index (χ2v) is 10.1. The number of rotatable bonds is 7. The first-order valence-corrected chi connectivity index (χ1v) is 12.5. The Balaban J connectivity index is 1.34. The van der Waals surface area contributed by atoms with E-state index in [1.807, 2.05) is 6.07 Å². The van der Waals surface area contributed by atoms with Crippen LogP contribution in [0.4, 0.5) is 10.2 Å².